The van der Waals surface area contributed by atoms with Gasteiger partial charge in [0.15, 0.2) is 0 Å². The lowest BCUT2D eigenvalue weighted by atomic mass is 9.41. The van der Waals surface area contributed by atoms with Crippen molar-refractivity contribution >= 4 is 77.7 Å². The van der Waals surface area contributed by atoms with Crippen molar-refractivity contribution in [2.75, 3.05) is 9.71 Å². The van der Waals surface area contributed by atoms with E-state index >= 15 is 0 Å². The molecule has 0 atom stereocenters. The predicted octanol–water partition coefficient (Wildman–Crippen LogP) is 12.1. The van der Waals surface area contributed by atoms with Crippen LogP contribution in [0.2, 0.25) is 0 Å². The molecule has 3 aliphatic heterocycles. The molecule has 8 aromatic carbocycles. The molecule has 9 aromatic rings. The summed E-state index contributed by atoms with van der Waals surface area (Å²) in [5.41, 5.74) is 19.1. The summed E-state index contributed by atoms with van der Waals surface area (Å²) >= 11 is 1.90. The average molecular weight is 677 g/mol. The Hall–Kier alpha value is -6.36. The second kappa shape index (κ2) is 10.6. The fraction of sp³-hybridized carbons (Fsp3) is 0. The zero-order valence-electron chi connectivity index (χ0n) is 28.1. The van der Waals surface area contributed by atoms with Crippen molar-refractivity contribution in [1.29, 1.82) is 0 Å². The summed E-state index contributed by atoms with van der Waals surface area (Å²) in [7, 11) is 0. The van der Waals surface area contributed by atoms with Gasteiger partial charge in [0.25, 0.3) is 0 Å². The van der Waals surface area contributed by atoms with Crippen LogP contribution >= 0.6 is 11.3 Å². The standard InChI is InChI=1S/C48H29BN2S/c1-2-12-30(13-3-1)31-14-8-15-33(28-31)50-43-23-10-19-37-35-16-4-6-22-41(35)51-42-27-26-32(29-40(42)38-20-11-24-44(50)47(38)49(51)46(37)43)34-18-9-21-39-36-17-5-7-25-45(36)52-48(34)39/h1-29H. The van der Waals surface area contributed by atoms with E-state index in [0.29, 0.717) is 0 Å². The van der Waals surface area contributed by atoms with Gasteiger partial charge >= 0.3 is 6.85 Å². The zero-order chi connectivity index (χ0) is 33.9. The number of benzene rings is 8. The number of fused-ring (bicyclic) bond motifs is 9. The Bertz CT molecular complexity index is 2950. The molecule has 3 aliphatic rings. The molecule has 0 saturated heterocycles. The number of rotatable bonds is 3. The Balaban J connectivity index is 1.13. The molecule has 0 unspecified atom stereocenters. The maximum atomic E-state index is 2.63. The third-order valence-electron chi connectivity index (χ3n) is 11.4. The summed E-state index contributed by atoms with van der Waals surface area (Å²) in [6, 6.07) is 65.3. The molecule has 1 aromatic heterocycles. The first-order chi connectivity index (χ1) is 25.8. The van der Waals surface area contributed by atoms with Crippen molar-refractivity contribution in [3.8, 4) is 44.5 Å². The molecule has 4 heteroatoms. The van der Waals surface area contributed by atoms with Crippen molar-refractivity contribution in [3.63, 3.8) is 0 Å². The van der Waals surface area contributed by atoms with Crippen LogP contribution in [-0.2, 0) is 0 Å². The number of hydrogen-bond acceptors (Lipinski definition) is 3. The van der Waals surface area contributed by atoms with Crippen LogP contribution in [0.1, 0.15) is 0 Å². The zero-order valence-corrected chi connectivity index (χ0v) is 28.9. The van der Waals surface area contributed by atoms with E-state index in [1.807, 2.05) is 11.3 Å². The fourth-order valence-corrected chi connectivity index (χ4v) is 10.5. The summed E-state index contributed by atoms with van der Waals surface area (Å²) in [5, 5.41) is 2.66. The van der Waals surface area contributed by atoms with Crippen molar-refractivity contribution < 1.29 is 0 Å². The SMILES string of the molecule is c1ccc(-c2cccc(N3c4cccc5c4B4c6c(cccc63)-c3cc(-c6cccc7c6sc6ccccc67)ccc3N4c3ccccc3-5)c2)cc1. The van der Waals surface area contributed by atoms with Gasteiger partial charge in [0.2, 0.25) is 0 Å². The quantitative estimate of drug-likeness (QED) is 0.172. The van der Waals surface area contributed by atoms with Crippen LogP contribution in [0.4, 0.5) is 28.4 Å². The highest BCUT2D eigenvalue weighted by Crippen LogP contribution is 2.52. The first kappa shape index (κ1) is 28.4. The van der Waals surface area contributed by atoms with Gasteiger partial charge in [-0.15, -0.1) is 11.3 Å². The van der Waals surface area contributed by atoms with Crippen LogP contribution in [0.5, 0.6) is 0 Å². The number of nitrogens with zero attached hydrogens (tertiary/aromatic N) is 2. The predicted molar refractivity (Wildman–Crippen MR) is 223 cm³/mol. The molecule has 0 aliphatic carbocycles. The molecule has 0 bridgehead atoms. The molecule has 0 spiro atoms. The van der Waals surface area contributed by atoms with Gasteiger partial charge in [0.05, 0.1) is 0 Å². The Kier molecular flexibility index (Phi) is 5.77. The number of hydrogen-bond donors (Lipinski definition) is 0. The Morgan fingerprint density at radius 1 is 0.385 bits per heavy atom. The number of para-hydroxylation sites is 1. The fourth-order valence-electron chi connectivity index (χ4n) is 9.23. The van der Waals surface area contributed by atoms with Crippen LogP contribution in [0, 0.1) is 0 Å². The van der Waals surface area contributed by atoms with Gasteiger partial charge in [-0.25, -0.2) is 0 Å². The molecular formula is C48H29BN2S. The average Bonchev–Trinajstić information content (AvgIpc) is 3.60. The van der Waals surface area contributed by atoms with Crippen molar-refractivity contribution in [3.05, 3.63) is 176 Å². The molecule has 4 heterocycles. The van der Waals surface area contributed by atoms with Gasteiger partial charge in [0, 0.05) is 59.7 Å². The lowest BCUT2D eigenvalue weighted by Gasteiger charge is -2.49. The van der Waals surface area contributed by atoms with Gasteiger partial charge in [-0.1, -0.05) is 127 Å². The smallest absolute Gasteiger partial charge is 0.333 e. The van der Waals surface area contributed by atoms with E-state index in [-0.39, 0.29) is 6.85 Å². The van der Waals surface area contributed by atoms with E-state index < -0.39 is 0 Å². The minimum atomic E-state index is 0.0604. The summed E-state index contributed by atoms with van der Waals surface area (Å²) in [4.78, 5) is 5.14. The van der Waals surface area contributed by atoms with Gasteiger partial charge in [-0.05, 0) is 92.8 Å². The van der Waals surface area contributed by atoms with E-state index in [4.69, 9.17) is 0 Å². The molecule has 12 rings (SSSR count). The summed E-state index contributed by atoms with van der Waals surface area (Å²) in [6.07, 6.45) is 0. The molecule has 2 nitrogen and oxygen atoms in total. The molecule has 0 radical (unpaired) electrons. The highest BCUT2D eigenvalue weighted by molar-refractivity contribution is 7.26. The van der Waals surface area contributed by atoms with Crippen LogP contribution < -0.4 is 20.6 Å². The Morgan fingerprint density at radius 2 is 1.00 bits per heavy atom. The van der Waals surface area contributed by atoms with Gasteiger partial charge < -0.3 is 9.71 Å². The van der Waals surface area contributed by atoms with E-state index in [2.05, 4.69) is 186 Å². The first-order valence-electron chi connectivity index (χ1n) is 18.0. The minimum absolute atomic E-state index is 0.0604. The van der Waals surface area contributed by atoms with Crippen LogP contribution in [0.3, 0.4) is 0 Å². The van der Waals surface area contributed by atoms with E-state index in [1.165, 1.54) is 104 Å². The van der Waals surface area contributed by atoms with Crippen molar-refractivity contribution in [2.24, 2.45) is 0 Å². The van der Waals surface area contributed by atoms with Gasteiger partial charge in [0.1, 0.15) is 0 Å². The molecule has 0 fully saturated rings. The number of thiophene rings is 1. The van der Waals surface area contributed by atoms with Crippen LogP contribution in [-0.4, -0.2) is 6.85 Å². The maximum Gasteiger partial charge on any atom is 0.333 e. The molecule has 0 N–H and O–H groups in total. The molecule has 0 amide bonds. The lowest BCUT2D eigenvalue weighted by Crippen LogP contribution is -2.63. The molecule has 0 saturated carbocycles. The summed E-state index contributed by atoms with van der Waals surface area (Å²) in [6.45, 7) is 0.0604. The van der Waals surface area contributed by atoms with E-state index in [9.17, 15) is 0 Å². The summed E-state index contributed by atoms with van der Waals surface area (Å²) in [5.74, 6) is 0. The second-order valence-electron chi connectivity index (χ2n) is 14.0. The van der Waals surface area contributed by atoms with Gasteiger partial charge in [-0.2, -0.15) is 0 Å². The van der Waals surface area contributed by atoms with Crippen molar-refractivity contribution in [1.82, 2.24) is 0 Å². The van der Waals surface area contributed by atoms with Gasteiger partial charge in [-0.3, -0.25) is 0 Å². The Morgan fingerprint density at radius 3 is 1.87 bits per heavy atom. The lowest BCUT2D eigenvalue weighted by molar-refractivity contribution is 1.26. The third kappa shape index (κ3) is 3.79. The maximum absolute atomic E-state index is 2.63. The highest BCUT2D eigenvalue weighted by Gasteiger charge is 2.48. The van der Waals surface area contributed by atoms with Crippen LogP contribution in [0.15, 0.2) is 176 Å². The number of anilines is 5. The van der Waals surface area contributed by atoms with E-state index in [1.54, 1.807) is 0 Å². The Labute approximate surface area is 306 Å². The second-order valence-corrected chi connectivity index (χ2v) is 15.1. The van der Waals surface area contributed by atoms with Crippen LogP contribution in [0.25, 0.3) is 64.7 Å². The van der Waals surface area contributed by atoms with E-state index in [0.717, 1.165) is 0 Å². The van der Waals surface area contributed by atoms with Crippen molar-refractivity contribution in [2.45, 2.75) is 0 Å². The summed E-state index contributed by atoms with van der Waals surface area (Å²) < 4.78 is 2.68. The minimum Gasteiger partial charge on any atom is -0.376 e. The monoisotopic (exact) mass is 676 g/mol. The normalized spacial score (nSPS) is 13.3. The molecule has 52 heavy (non-hydrogen) atoms. The third-order valence-corrected chi connectivity index (χ3v) is 12.6. The molecular weight excluding hydrogens is 647 g/mol. The molecule has 240 valence electrons. The first-order valence-corrected chi connectivity index (χ1v) is 18.8. The highest BCUT2D eigenvalue weighted by atomic mass is 32.1. The topological polar surface area (TPSA) is 6.48 Å². The largest absolute Gasteiger partial charge is 0.376 e.